The second kappa shape index (κ2) is 9.78. The van der Waals surface area contributed by atoms with Crippen LogP contribution >= 0.6 is 0 Å². The molecule has 4 rings (SSSR count). The van der Waals surface area contributed by atoms with Gasteiger partial charge in [-0.15, -0.1) is 5.10 Å². The SMILES string of the molecule is Cc1cccc(C(F)(F)F)c1NC(=O)c1cc(F)c(-n2nc3n(c2=O)CCOC3)cc1O[C@@H](C)C(F)(F)F. The molecule has 0 saturated heterocycles. The lowest BCUT2D eigenvalue weighted by Crippen LogP contribution is -2.32. The number of carbonyl (C=O) groups is 1. The van der Waals surface area contributed by atoms with Gasteiger partial charge in [0.1, 0.15) is 23.9 Å². The topological polar surface area (TPSA) is 87.4 Å². The Morgan fingerprint density at radius 3 is 2.53 bits per heavy atom. The number of ether oxygens (including phenoxy) is 2. The van der Waals surface area contributed by atoms with E-state index in [4.69, 9.17) is 9.47 Å². The summed E-state index contributed by atoms with van der Waals surface area (Å²) in [5, 5.41) is 5.94. The number of halogens is 7. The number of nitrogens with zero attached hydrogens (tertiary/aromatic N) is 3. The Balaban J connectivity index is 1.82. The number of carbonyl (C=O) groups excluding carboxylic acids is 1. The average molecular weight is 548 g/mol. The fourth-order valence-corrected chi connectivity index (χ4v) is 3.73. The normalized spacial score (nSPS) is 14.7. The van der Waals surface area contributed by atoms with Crippen LogP contribution in [0.1, 0.15) is 34.2 Å². The zero-order chi connectivity index (χ0) is 28.0. The lowest BCUT2D eigenvalue weighted by atomic mass is 10.1. The van der Waals surface area contributed by atoms with Crippen molar-refractivity contribution >= 4 is 11.6 Å². The van der Waals surface area contributed by atoms with E-state index in [2.05, 4.69) is 5.10 Å². The van der Waals surface area contributed by atoms with Crippen LogP contribution in [-0.2, 0) is 24.1 Å². The number of hydrogen-bond donors (Lipinski definition) is 1. The molecule has 1 aromatic heterocycles. The smallest absolute Gasteiger partial charge is 0.425 e. The Hall–Kier alpha value is -3.88. The van der Waals surface area contributed by atoms with Gasteiger partial charge in [0.25, 0.3) is 5.91 Å². The summed E-state index contributed by atoms with van der Waals surface area (Å²) in [7, 11) is 0. The molecule has 1 atom stereocenters. The van der Waals surface area contributed by atoms with E-state index in [9.17, 15) is 35.9 Å². The number of rotatable bonds is 5. The predicted molar refractivity (Wildman–Crippen MR) is 118 cm³/mol. The second-order valence-electron chi connectivity index (χ2n) is 8.37. The molecular formula is C23H19F7N4O4. The van der Waals surface area contributed by atoms with Gasteiger partial charge < -0.3 is 14.8 Å². The molecule has 15 heteroatoms. The minimum absolute atomic E-state index is 0.00578. The van der Waals surface area contributed by atoms with Crippen molar-refractivity contribution in [1.29, 1.82) is 0 Å². The van der Waals surface area contributed by atoms with Crippen molar-refractivity contribution in [2.75, 3.05) is 11.9 Å². The monoisotopic (exact) mass is 548 g/mol. The van der Waals surface area contributed by atoms with E-state index >= 15 is 4.39 Å². The van der Waals surface area contributed by atoms with Gasteiger partial charge in [0, 0.05) is 6.07 Å². The number of anilines is 1. The first-order chi connectivity index (χ1) is 17.7. The van der Waals surface area contributed by atoms with Crippen molar-refractivity contribution in [1.82, 2.24) is 14.3 Å². The molecule has 1 amide bonds. The molecule has 204 valence electrons. The third kappa shape index (κ3) is 5.23. The molecule has 0 spiro atoms. The molecule has 0 unspecified atom stereocenters. The molecule has 0 bridgehead atoms. The maximum atomic E-state index is 15.2. The maximum absolute atomic E-state index is 15.2. The standard InChI is InChI=1S/C23H19F7N4O4/c1-11-4-3-5-14(23(28,29)30)19(11)31-20(35)13-8-15(24)16(9-17(13)38-12(2)22(25,26)27)34-21(36)33-6-7-37-10-18(33)32-34/h3-5,8-9,12H,6-7,10H2,1-2H3,(H,31,35)/t12-/m0/s1. The van der Waals surface area contributed by atoms with Crippen LogP contribution in [0.3, 0.4) is 0 Å². The van der Waals surface area contributed by atoms with Gasteiger partial charge in [-0.1, -0.05) is 12.1 Å². The quantitative estimate of drug-likeness (QED) is 0.471. The van der Waals surface area contributed by atoms with Crippen molar-refractivity contribution in [3.63, 3.8) is 0 Å². The number of benzene rings is 2. The van der Waals surface area contributed by atoms with Crippen LogP contribution in [0.15, 0.2) is 35.1 Å². The number of fused-ring (bicyclic) bond motifs is 1. The van der Waals surface area contributed by atoms with Crippen molar-refractivity contribution in [2.24, 2.45) is 0 Å². The highest BCUT2D eigenvalue weighted by Gasteiger charge is 2.39. The molecule has 1 N–H and O–H groups in total. The number of para-hydroxylation sites is 1. The van der Waals surface area contributed by atoms with Gasteiger partial charge in [0.05, 0.1) is 30.0 Å². The Bertz CT molecular complexity index is 1440. The second-order valence-corrected chi connectivity index (χ2v) is 8.37. The first-order valence-corrected chi connectivity index (χ1v) is 11.0. The lowest BCUT2D eigenvalue weighted by Gasteiger charge is -2.21. The molecular weight excluding hydrogens is 529 g/mol. The van der Waals surface area contributed by atoms with Crippen molar-refractivity contribution in [3.05, 3.63) is 69.1 Å². The van der Waals surface area contributed by atoms with E-state index in [1.165, 1.54) is 17.6 Å². The van der Waals surface area contributed by atoms with Gasteiger partial charge in [0.2, 0.25) is 0 Å². The van der Waals surface area contributed by atoms with E-state index in [0.717, 1.165) is 6.07 Å². The minimum atomic E-state index is -4.91. The molecule has 38 heavy (non-hydrogen) atoms. The highest BCUT2D eigenvalue weighted by Crippen LogP contribution is 2.37. The molecule has 0 aliphatic carbocycles. The van der Waals surface area contributed by atoms with Crippen molar-refractivity contribution in [3.8, 4) is 11.4 Å². The van der Waals surface area contributed by atoms with Gasteiger partial charge in [-0.2, -0.15) is 31.0 Å². The number of alkyl halides is 6. The van der Waals surface area contributed by atoms with Gasteiger partial charge >= 0.3 is 18.0 Å². The Morgan fingerprint density at radius 1 is 1.18 bits per heavy atom. The number of aryl methyl sites for hydroxylation is 1. The van der Waals surface area contributed by atoms with E-state index in [1.54, 1.807) is 0 Å². The summed E-state index contributed by atoms with van der Waals surface area (Å²) in [6.07, 6.45) is -12.3. The lowest BCUT2D eigenvalue weighted by molar-refractivity contribution is -0.189. The van der Waals surface area contributed by atoms with Gasteiger partial charge in [-0.25, -0.2) is 9.18 Å². The van der Waals surface area contributed by atoms with Gasteiger partial charge in [0.15, 0.2) is 11.9 Å². The van der Waals surface area contributed by atoms with Crippen LogP contribution in [0.25, 0.3) is 5.69 Å². The fourth-order valence-electron chi connectivity index (χ4n) is 3.73. The van der Waals surface area contributed by atoms with Crippen LogP contribution < -0.4 is 15.7 Å². The third-order valence-electron chi connectivity index (χ3n) is 5.73. The highest BCUT2D eigenvalue weighted by atomic mass is 19.4. The highest BCUT2D eigenvalue weighted by molar-refractivity contribution is 6.07. The van der Waals surface area contributed by atoms with Gasteiger partial charge in [-0.3, -0.25) is 9.36 Å². The van der Waals surface area contributed by atoms with Gasteiger partial charge in [-0.05, 0) is 31.5 Å². The summed E-state index contributed by atoms with van der Waals surface area (Å²) in [4.78, 5) is 25.7. The molecule has 1 aliphatic rings. The van der Waals surface area contributed by atoms with E-state index < -0.39 is 64.1 Å². The van der Waals surface area contributed by atoms with E-state index in [1.807, 2.05) is 5.32 Å². The van der Waals surface area contributed by atoms with Crippen LogP contribution in [0.5, 0.6) is 5.75 Å². The Labute approximate surface area is 209 Å². The third-order valence-corrected chi connectivity index (χ3v) is 5.73. The average Bonchev–Trinajstić information content (AvgIpc) is 3.16. The fraction of sp³-hybridized carbons (Fsp3) is 0.348. The van der Waals surface area contributed by atoms with Crippen LogP contribution in [-0.4, -0.2) is 39.1 Å². The summed E-state index contributed by atoms with van der Waals surface area (Å²) in [6.45, 7) is 2.09. The zero-order valence-corrected chi connectivity index (χ0v) is 19.7. The predicted octanol–water partition coefficient (Wildman–Crippen LogP) is 4.61. The number of amides is 1. The summed E-state index contributed by atoms with van der Waals surface area (Å²) in [5.74, 6) is -3.33. The summed E-state index contributed by atoms with van der Waals surface area (Å²) in [5.41, 5.74) is -4.17. The number of aromatic nitrogens is 3. The molecule has 1 aliphatic heterocycles. The largest absolute Gasteiger partial charge is 0.480 e. The number of hydrogen-bond acceptors (Lipinski definition) is 5. The molecule has 2 heterocycles. The zero-order valence-electron chi connectivity index (χ0n) is 19.7. The van der Waals surface area contributed by atoms with Crippen LogP contribution in [0.2, 0.25) is 0 Å². The van der Waals surface area contributed by atoms with Crippen molar-refractivity contribution < 1.29 is 45.0 Å². The molecule has 3 aromatic rings. The van der Waals surface area contributed by atoms with Crippen molar-refractivity contribution in [2.45, 2.75) is 45.5 Å². The minimum Gasteiger partial charge on any atom is -0.480 e. The van der Waals surface area contributed by atoms with Crippen LogP contribution in [0.4, 0.5) is 36.4 Å². The van der Waals surface area contributed by atoms with E-state index in [-0.39, 0.29) is 31.1 Å². The molecule has 0 saturated carbocycles. The molecule has 0 fully saturated rings. The molecule has 2 aromatic carbocycles. The van der Waals surface area contributed by atoms with E-state index in [0.29, 0.717) is 29.8 Å². The summed E-state index contributed by atoms with van der Waals surface area (Å²) >= 11 is 0. The first-order valence-electron chi connectivity index (χ1n) is 11.0. The Morgan fingerprint density at radius 2 is 1.89 bits per heavy atom. The molecule has 8 nitrogen and oxygen atoms in total. The Kier molecular flexibility index (Phi) is 6.99. The summed E-state index contributed by atoms with van der Waals surface area (Å²) in [6, 6.07) is 4.21. The van der Waals surface area contributed by atoms with Crippen LogP contribution in [0, 0.1) is 12.7 Å². The maximum Gasteiger partial charge on any atom is 0.425 e. The first kappa shape index (κ1) is 27.2. The number of nitrogens with one attached hydrogen (secondary N) is 1. The molecule has 0 radical (unpaired) electrons. The summed E-state index contributed by atoms with van der Waals surface area (Å²) < 4.78 is 107.